The monoisotopic (exact) mass is 544 g/mol. The Morgan fingerprint density at radius 3 is 2.53 bits per heavy atom. The van der Waals surface area contributed by atoms with Crippen LogP contribution in [0.25, 0.3) is 11.0 Å². The van der Waals surface area contributed by atoms with Crippen molar-refractivity contribution in [2.45, 2.75) is 13.5 Å². The molecule has 1 saturated heterocycles. The molecule has 2 N–H and O–H groups in total. The number of carboxylic acid groups (broad SMARTS) is 1. The lowest BCUT2D eigenvalue weighted by Gasteiger charge is -2.36. The molecule has 0 bridgehead atoms. The Morgan fingerprint density at radius 2 is 1.88 bits per heavy atom. The number of halogens is 1. The number of rotatable bonds is 4. The van der Waals surface area contributed by atoms with Crippen molar-refractivity contribution in [1.82, 2.24) is 24.8 Å². The molecule has 1 aliphatic rings. The van der Waals surface area contributed by atoms with Crippen molar-refractivity contribution in [3.05, 3.63) is 62.5 Å². The quantitative estimate of drug-likeness (QED) is 0.475. The minimum atomic E-state index is -1.28. The summed E-state index contributed by atoms with van der Waals surface area (Å²) in [6.07, 6.45) is 2.70. The summed E-state index contributed by atoms with van der Waals surface area (Å²) in [5, 5.41) is 12.6. The zero-order chi connectivity index (χ0) is 24.4. The molecule has 10 nitrogen and oxygen atoms in total. The van der Waals surface area contributed by atoms with E-state index in [0.717, 1.165) is 0 Å². The van der Waals surface area contributed by atoms with E-state index in [-0.39, 0.29) is 16.9 Å². The largest absolute Gasteiger partial charge is 0.477 e. The van der Waals surface area contributed by atoms with E-state index >= 15 is 0 Å². The van der Waals surface area contributed by atoms with Gasteiger partial charge in [-0.05, 0) is 47.2 Å². The van der Waals surface area contributed by atoms with Crippen LogP contribution in [-0.2, 0) is 6.54 Å². The van der Waals surface area contributed by atoms with Gasteiger partial charge in [-0.3, -0.25) is 14.9 Å². The average molecular weight is 545 g/mol. The summed E-state index contributed by atoms with van der Waals surface area (Å²) in [5.41, 5.74) is -0.0191. The fourth-order valence-corrected chi connectivity index (χ4v) is 4.45. The van der Waals surface area contributed by atoms with Crippen molar-refractivity contribution < 1.29 is 14.7 Å². The number of carboxylic acids is 1. The molecule has 3 heterocycles. The zero-order valence-corrected chi connectivity index (χ0v) is 20.6. The third kappa shape index (κ3) is 4.64. The van der Waals surface area contributed by atoms with Crippen molar-refractivity contribution in [2.24, 2.45) is 0 Å². The average Bonchev–Trinajstić information content (AvgIpc) is 2.84. The maximum absolute atomic E-state index is 12.5. The van der Waals surface area contributed by atoms with E-state index in [1.54, 1.807) is 22.8 Å². The maximum Gasteiger partial charge on any atom is 0.341 e. The second kappa shape index (κ2) is 9.85. The molecule has 3 aromatic rings. The topological polar surface area (TPSA) is 121 Å². The van der Waals surface area contributed by atoms with Crippen molar-refractivity contribution in [3.8, 4) is 0 Å². The Kier molecular flexibility index (Phi) is 6.89. The Hall–Kier alpha value is -3.38. The molecule has 0 saturated carbocycles. The van der Waals surface area contributed by atoms with Crippen LogP contribution < -0.4 is 15.6 Å². The molecule has 34 heavy (non-hydrogen) atoms. The van der Waals surface area contributed by atoms with E-state index in [0.29, 0.717) is 59.5 Å². The van der Waals surface area contributed by atoms with Crippen molar-refractivity contribution in [2.75, 3.05) is 31.1 Å². The summed E-state index contributed by atoms with van der Waals surface area (Å²) in [6, 6.07) is 7.12. The number of hydrogen-bond acceptors (Lipinski definition) is 7. The first-order valence-electron chi connectivity index (χ1n) is 10.5. The SMILES string of the molecule is CCn1cc(C(=O)O)c(=O)c2cnc(N3CCN(C(=S)NC(=O)c4ccccc4Br)CC3)nc21. The third-order valence-electron chi connectivity index (χ3n) is 5.56. The van der Waals surface area contributed by atoms with E-state index < -0.39 is 11.4 Å². The highest BCUT2D eigenvalue weighted by Crippen LogP contribution is 2.18. The molecule has 0 atom stereocenters. The van der Waals surface area contributed by atoms with Crippen molar-refractivity contribution in [1.29, 1.82) is 0 Å². The molecule has 12 heteroatoms. The predicted molar refractivity (Wildman–Crippen MR) is 134 cm³/mol. The second-order valence-electron chi connectivity index (χ2n) is 7.58. The molecule has 0 radical (unpaired) electrons. The van der Waals surface area contributed by atoms with Crippen LogP contribution in [0.1, 0.15) is 27.6 Å². The van der Waals surface area contributed by atoms with Gasteiger partial charge in [-0.25, -0.2) is 9.78 Å². The summed E-state index contributed by atoms with van der Waals surface area (Å²) in [6.45, 7) is 4.51. The van der Waals surface area contributed by atoms with Crippen LogP contribution in [-0.4, -0.2) is 67.7 Å². The van der Waals surface area contributed by atoms with Gasteiger partial charge in [-0.15, -0.1) is 0 Å². The number of amides is 1. The van der Waals surface area contributed by atoms with Crippen LogP contribution in [0.4, 0.5) is 5.95 Å². The molecule has 1 aromatic carbocycles. The minimum absolute atomic E-state index is 0.167. The highest BCUT2D eigenvalue weighted by molar-refractivity contribution is 9.10. The van der Waals surface area contributed by atoms with Crippen LogP contribution in [0, 0.1) is 0 Å². The molecule has 176 valence electrons. The van der Waals surface area contributed by atoms with Crippen LogP contribution >= 0.6 is 28.1 Å². The van der Waals surface area contributed by atoms with E-state index in [4.69, 9.17) is 12.2 Å². The second-order valence-corrected chi connectivity index (χ2v) is 8.82. The number of carbonyl (C=O) groups is 2. The number of nitrogens with one attached hydrogen (secondary N) is 1. The van der Waals surface area contributed by atoms with E-state index in [1.165, 1.54) is 12.4 Å². The zero-order valence-electron chi connectivity index (χ0n) is 18.2. The van der Waals surface area contributed by atoms with Crippen LogP contribution in [0.2, 0.25) is 0 Å². The van der Waals surface area contributed by atoms with Gasteiger partial charge in [0.2, 0.25) is 11.4 Å². The Labute approximate surface area is 208 Å². The number of aromatic carboxylic acids is 1. The molecule has 1 fully saturated rings. The molecular weight excluding hydrogens is 524 g/mol. The number of anilines is 1. The molecular formula is C22H21BrN6O4S. The van der Waals surface area contributed by atoms with Gasteiger partial charge in [0.15, 0.2) is 5.11 Å². The summed E-state index contributed by atoms with van der Waals surface area (Å²) in [5.74, 6) is -1.12. The van der Waals surface area contributed by atoms with Crippen molar-refractivity contribution in [3.63, 3.8) is 0 Å². The third-order valence-corrected chi connectivity index (χ3v) is 6.61. The first-order chi connectivity index (χ1) is 16.3. The first-order valence-corrected chi connectivity index (χ1v) is 11.7. The molecule has 4 rings (SSSR count). The maximum atomic E-state index is 12.5. The summed E-state index contributed by atoms with van der Waals surface area (Å²) < 4.78 is 2.32. The van der Waals surface area contributed by atoms with Crippen molar-refractivity contribution >= 4 is 62.1 Å². The number of carbonyl (C=O) groups excluding carboxylic acids is 1. The van der Waals surface area contributed by atoms with Gasteiger partial charge in [0.1, 0.15) is 11.2 Å². The predicted octanol–water partition coefficient (Wildman–Crippen LogP) is 2.11. The van der Waals surface area contributed by atoms with Gasteiger partial charge in [0.25, 0.3) is 5.91 Å². The molecule has 0 aliphatic carbocycles. The number of pyridine rings is 1. The molecule has 0 unspecified atom stereocenters. The highest BCUT2D eigenvalue weighted by Gasteiger charge is 2.24. The number of benzene rings is 1. The lowest BCUT2D eigenvalue weighted by Crippen LogP contribution is -2.53. The molecule has 2 aromatic heterocycles. The normalized spacial score (nSPS) is 13.7. The lowest BCUT2D eigenvalue weighted by molar-refractivity contribution is 0.0694. The van der Waals surface area contributed by atoms with E-state index in [9.17, 15) is 19.5 Å². The number of nitrogens with zero attached hydrogens (tertiary/aromatic N) is 5. The minimum Gasteiger partial charge on any atom is -0.477 e. The van der Waals surface area contributed by atoms with Crippen LogP contribution in [0.5, 0.6) is 0 Å². The number of fused-ring (bicyclic) bond motifs is 1. The van der Waals surface area contributed by atoms with Gasteiger partial charge >= 0.3 is 5.97 Å². The number of aryl methyl sites for hydroxylation is 1. The van der Waals surface area contributed by atoms with Gasteiger partial charge in [-0.1, -0.05) is 12.1 Å². The summed E-state index contributed by atoms with van der Waals surface area (Å²) in [4.78, 5) is 49.2. The van der Waals surface area contributed by atoms with Gasteiger partial charge in [-0.2, -0.15) is 4.98 Å². The van der Waals surface area contributed by atoms with Crippen LogP contribution in [0.15, 0.2) is 45.9 Å². The fourth-order valence-electron chi connectivity index (χ4n) is 3.71. The van der Waals surface area contributed by atoms with Gasteiger partial charge < -0.3 is 19.5 Å². The summed E-state index contributed by atoms with van der Waals surface area (Å²) in [7, 11) is 0. The number of piperazine rings is 1. The van der Waals surface area contributed by atoms with E-state index in [1.807, 2.05) is 22.8 Å². The Bertz CT molecular complexity index is 1350. The van der Waals surface area contributed by atoms with Gasteiger partial charge in [0, 0.05) is 49.6 Å². The lowest BCUT2D eigenvalue weighted by atomic mass is 10.2. The number of hydrogen-bond donors (Lipinski definition) is 2. The standard InChI is InChI=1S/C22H21BrN6O4S/c1-2-27-12-15(20(32)33)17(30)14-11-24-21(25-18(14)27)28-7-9-29(10-8-28)22(34)26-19(31)13-5-3-4-6-16(13)23/h3-6,11-12H,2,7-10H2,1H3,(H,32,33)(H,26,31,34). The molecule has 1 amide bonds. The molecule has 1 aliphatic heterocycles. The first kappa shape index (κ1) is 23.8. The fraction of sp³-hybridized carbons (Fsp3) is 0.273. The van der Waals surface area contributed by atoms with Crippen LogP contribution in [0.3, 0.4) is 0 Å². The summed E-state index contributed by atoms with van der Waals surface area (Å²) >= 11 is 8.81. The number of aromatic nitrogens is 3. The Balaban J connectivity index is 1.47. The Morgan fingerprint density at radius 1 is 1.18 bits per heavy atom. The highest BCUT2D eigenvalue weighted by atomic mass is 79.9. The smallest absolute Gasteiger partial charge is 0.341 e. The van der Waals surface area contributed by atoms with Gasteiger partial charge in [0.05, 0.1) is 10.9 Å². The molecule has 0 spiro atoms. The number of thiocarbonyl (C=S) groups is 1. The van der Waals surface area contributed by atoms with E-state index in [2.05, 4.69) is 31.2 Å².